The van der Waals surface area contributed by atoms with Crippen molar-refractivity contribution in [2.45, 2.75) is 45.8 Å². The van der Waals surface area contributed by atoms with Crippen LogP contribution in [0.4, 0.5) is 0 Å². The predicted molar refractivity (Wildman–Crippen MR) is 111 cm³/mol. The fourth-order valence-corrected chi connectivity index (χ4v) is 4.86. The standard InChI is InChI=1S/C22H27N3OS/c1-16-13-23-22(25(16)14-18-7-9-19(26-3)10-8-18)21-5-4-12-24(21)15-20-11-6-17(2)27-20/h6-11,13,21H,4-5,12,14-15H2,1-3H3. The number of nitrogens with zero attached hydrogens (tertiary/aromatic N) is 3. The number of rotatable bonds is 6. The van der Waals surface area contributed by atoms with Crippen molar-refractivity contribution in [3.8, 4) is 5.75 Å². The fourth-order valence-electron chi connectivity index (χ4n) is 3.94. The number of methoxy groups -OCH3 is 1. The van der Waals surface area contributed by atoms with E-state index in [-0.39, 0.29) is 0 Å². The zero-order chi connectivity index (χ0) is 18.8. The van der Waals surface area contributed by atoms with Crippen molar-refractivity contribution < 1.29 is 4.74 Å². The first kappa shape index (κ1) is 18.3. The van der Waals surface area contributed by atoms with Crippen molar-refractivity contribution in [2.24, 2.45) is 0 Å². The summed E-state index contributed by atoms with van der Waals surface area (Å²) in [4.78, 5) is 10.3. The Kier molecular flexibility index (Phi) is 5.32. The predicted octanol–water partition coefficient (Wildman–Crippen LogP) is 4.96. The Labute approximate surface area is 165 Å². The van der Waals surface area contributed by atoms with Crippen molar-refractivity contribution in [1.29, 1.82) is 0 Å². The number of hydrogen-bond acceptors (Lipinski definition) is 4. The average Bonchev–Trinajstić information content (AvgIpc) is 3.38. The summed E-state index contributed by atoms with van der Waals surface area (Å²) in [6.07, 6.45) is 4.44. The number of aryl methyl sites for hydroxylation is 2. The Morgan fingerprint density at radius 1 is 1.11 bits per heavy atom. The van der Waals surface area contributed by atoms with Gasteiger partial charge < -0.3 is 9.30 Å². The van der Waals surface area contributed by atoms with Crippen molar-refractivity contribution >= 4 is 11.3 Å². The van der Waals surface area contributed by atoms with E-state index in [2.05, 4.69) is 47.6 Å². The van der Waals surface area contributed by atoms with Crippen LogP contribution in [0.25, 0.3) is 0 Å². The van der Waals surface area contributed by atoms with Gasteiger partial charge in [-0.05, 0) is 63.1 Å². The maximum absolute atomic E-state index is 5.28. The number of likely N-dealkylation sites (tertiary alicyclic amines) is 1. The molecule has 5 heteroatoms. The minimum Gasteiger partial charge on any atom is -0.497 e. The third kappa shape index (κ3) is 3.94. The van der Waals surface area contributed by atoms with Crippen LogP contribution < -0.4 is 4.74 Å². The highest BCUT2D eigenvalue weighted by molar-refractivity contribution is 7.11. The summed E-state index contributed by atoms with van der Waals surface area (Å²) >= 11 is 1.91. The topological polar surface area (TPSA) is 30.3 Å². The minimum atomic E-state index is 0.402. The second-order valence-corrected chi connectivity index (χ2v) is 8.71. The summed E-state index contributed by atoms with van der Waals surface area (Å²) in [5.41, 5.74) is 2.50. The van der Waals surface area contributed by atoms with Gasteiger partial charge in [0.2, 0.25) is 0 Å². The molecular weight excluding hydrogens is 354 g/mol. The van der Waals surface area contributed by atoms with Crippen LogP contribution in [0.1, 0.15) is 45.7 Å². The van der Waals surface area contributed by atoms with Crippen LogP contribution in [0.15, 0.2) is 42.6 Å². The Morgan fingerprint density at radius 3 is 2.63 bits per heavy atom. The molecule has 0 saturated carbocycles. The van der Waals surface area contributed by atoms with E-state index in [0.29, 0.717) is 6.04 Å². The lowest BCUT2D eigenvalue weighted by Crippen LogP contribution is -2.25. The Balaban J connectivity index is 1.56. The quantitative estimate of drug-likeness (QED) is 0.605. The second kappa shape index (κ2) is 7.87. The van der Waals surface area contributed by atoms with E-state index in [9.17, 15) is 0 Å². The molecule has 0 aliphatic carbocycles. The maximum Gasteiger partial charge on any atom is 0.126 e. The summed E-state index contributed by atoms with van der Waals surface area (Å²) in [6.45, 7) is 7.36. The maximum atomic E-state index is 5.28. The first-order chi connectivity index (χ1) is 13.1. The van der Waals surface area contributed by atoms with Crippen LogP contribution in [-0.2, 0) is 13.1 Å². The smallest absolute Gasteiger partial charge is 0.126 e. The number of imidazole rings is 1. The first-order valence-corrected chi connectivity index (χ1v) is 10.4. The van der Waals surface area contributed by atoms with Gasteiger partial charge in [0.05, 0.1) is 13.2 Å². The molecule has 1 aliphatic rings. The van der Waals surface area contributed by atoms with E-state index in [0.717, 1.165) is 25.4 Å². The normalized spacial score (nSPS) is 17.5. The third-order valence-electron chi connectivity index (χ3n) is 5.40. The van der Waals surface area contributed by atoms with Gasteiger partial charge in [0.15, 0.2) is 0 Å². The SMILES string of the molecule is COc1ccc(Cn2c(C)cnc2C2CCCN2Cc2ccc(C)s2)cc1. The largest absolute Gasteiger partial charge is 0.497 e. The zero-order valence-corrected chi connectivity index (χ0v) is 17.1. The molecule has 4 rings (SSSR count). The van der Waals surface area contributed by atoms with Gasteiger partial charge in [-0.2, -0.15) is 0 Å². The summed E-state index contributed by atoms with van der Waals surface area (Å²) in [5.74, 6) is 2.10. The highest BCUT2D eigenvalue weighted by Gasteiger charge is 2.30. The summed E-state index contributed by atoms with van der Waals surface area (Å²) in [6, 6.07) is 13.2. The van der Waals surface area contributed by atoms with E-state index >= 15 is 0 Å². The van der Waals surface area contributed by atoms with Crippen LogP contribution in [0.2, 0.25) is 0 Å². The van der Waals surface area contributed by atoms with E-state index in [4.69, 9.17) is 9.72 Å². The highest BCUT2D eigenvalue weighted by atomic mass is 32.1. The van der Waals surface area contributed by atoms with Crippen LogP contribution in [0.5, 0.6) is 5.75 Å². The highest BCUT2D eigenvalue weighted by Crippen LogP contribution is 2.34. The van der Waals surface area contributed by atoms with E-state index in [1.807, 2.05) is 29.7 Å². The molecule has 27 heavy (non-hydrogen) atoms. The molecule has 1 aromatic carbocycles. The lowest BCUT2D eigenvalue weighted by atomic mass is 10.1. The monoisotopic (exact) mass is 381 g/mol. The summed E-state index contributed by atoms with van der Waals surface area (Å²) in [7, 11) is 1.71. The van der Waals surface area contributed by atoms with Crippen LogP contribution in [0, 0.1) is 13.8 Å². The van der Waals surface area contributed by atoms with E-state index in [1.165, 1.54) is 39.7 Å². The molecule has 1 atom stereocenters. The van der Waals surface area contributed by atoms with Gasteiger partial charge in [-0.15, -0.1) is 11.3 Å². The Hall–Kier alpha value is -2.11. The van der Waals surface area contributed by atoms with Gasteiger partial charge in [-0.25, -0.2) is 4.98 Å². The van der Waals surface area contributed by atoms with Gasteiger partial charge in [-0.1, -0.05) is 12.1 Å². The molecule has 0 amide bonds. The molecular formula is C22H27N3OS. The molecule has 1 aliphatic heterocycles. The molecule has 1 fully saturated rings. The van der Waals surface area contributed by atoms with Crippen molar-refractivity contribution in [3.63, 3.8) is 0 Å². The molecule has 0 N–H and O–H groups in total. The molecule has 1 saturated heterocycles. The third-order valence-corrected chi connectivity index (χ3v) is 6.39. The van der Waals surface area contributed by atoms with Gasteiger partial charge in [-0.3, -0.25) is 4.90 Å². The lowest BCUT2D eigenvalue weighted by Gasteiger charge is -2.25. The number of aromatic nitrogens is 2. The molecule has 2 aromatic heterocycles. The van der Waals surface area contributed by atoms with E-state index < -0.39 is 0 Å². The molecule has 0 spiro atoms. The van der Waals surface area contributed by atoms with Crippen molar-refractivity contribution in [2.75, 3.05) is 13.7 Å². The molecule has 4 nitrogen and oxygen atoms in total. The molecule has 1 unspecified atom stereocenters. The lowest BCUT2D eigenvalue weighted by molar-refractivity contribution is 0.237. The van der Waals surface area contributed by atoms with Crippen LogP contribution >= 0.6 is 11.3 Å². The van der Waals surface area contributed by atoms with Gasteiger partial charge >= 0.3 is 0 Å². The summed E-state index contributed by atoms with van der Waals surface area (Å²) in [5, 5.41) is 0. The molecule has 3 heterocycles. The second-order valence-electron chi connectivity index (χ2n) is 7.33. The van der Waals surface area contributed by atoms with Crippen molar-refractivity contribution in [1.82, 2.24) is 14.5 Å². The van der Waals surface area contributed by atoms with Crippen LogP contribution in [-0.4, -0.2) is 28.1 Å². The average molecular weight is 382 g/mol. The van der Waals surface area contributed by atoms with Crippen LogP contribution in [0.3, 0.4) is 0 Å². The Bertz CT molecular complexity index is 897. The zero-order valence-electron chi connectivity index (χ0n) is 16.3. The number of ether oxygens (including phenoxy) is 1. The number of hydrogen-bond donors (Lipinski definition) is 0. The number of benzene rings is 1. The number of thiophene rings is 1. The van der Waals surface area contributed by atoms with Gasteiger partial charge in [0.25, 0.3) is 0 Å². The Morgan fingerprint density at radius 2 is 1.93 bits per heavy atom. The molecule has 0 bridgehead atoms. The van der Waals surface area contributed by atoms with Gasteiger partial charge in [0, 0.05) is 34.7 Å². The first-order valence-electron chi connectivity index (χ1n) is 9.58. The fraction of sp³-hybridized carbons (Fsp3) is 0.409. The molecule has 0 radical (unpaired) electrons. The van der Waals surface area contributed by atoms with Gasteiger partial charge in [0.1, 0.15) is 11.6 Å². The molecule has 142 valence electrons. The minimum absolute atomic E-state index is 0.402. The molecule has 3 aromatic rings. The summed E-state index contributed by atoms with van der Waals surface area (Å²) < 4.78 is 7.66. The van der Waals surface area contributed by atoms with E-state index in [1.54, 1.807) is 7.11 Å². The van der Waals surface area contributed by atoms with Crippen molar-refractivity contribution in [3.05, 3.63) is 69.4 Å².